The number of nitrogens with zero attached hydrogens (tertiary/aromatic N) is 1. The van der Waals surface area contributed by atoms with Gasteiger partial charge in [0, 0.05) is 12.6 Å². The van der Waals surface area contributed by atoms with Crippen LogP contribution in [0.15, 0.2) is 18.2 Å². The highest BCUT2D eigenvalue weighted by Gasteiger charge is 2.20. The van der Waals surface area contributed by atoms with E-state index in [9.17, 15) is 20.0 Å². The number of nitro groups is 1. The van der Waals surface area contributed by atoms with Gasteiger partial charge in [0.2, 0.25) is 5.75 Å². The minimum atomic E-state index is -0.704. The minimum absolute atomic E-state index is 0.0567. The lowest BCUT2D eigenvalue weighted by Gasteiger charge is -2.07. The number of carbonyl (C=O) groups excluding carboxylic acids is 1. The highest BCUT2D eigenvalue weighted by Crippen LogP contribution is 2.29. The molecule has 6 heteroatoms. The zero-order valence-corrected chi connectivity index (χ0v) is 13.7. The Morgan fingerprint density at radius 3 is 2.35 bits per heavy atom. The summed E-state index contributed by atoms with van der Waals surface area (Å²) < 4.78 is 0. The van der Waals surface area contributed by atoms with Crippen LogP contribution in [0.2, 0.25) is 0 Å². The predicted molar refractivity (Wildman–Crippen MR) is 89.7 cm³/mol. The molecule has 23 heavy (non-hydrogen) atoms. The number of hydrogen-bond donors (Lipinski definition) is 2. The van der Waals surface area contributed by atoms with E-state index in [1.165, 1.54) is 50.3 Å². The molecule has 0 heterocycles. The summed E-state index contributed by atoms with van der Waals surface area (Å²) in [6.45, 7) is 2.71. The first-order valence-corrected chi connectivity index (χ1v) is 8.32. The molecule has 0 spiro atoms. The first kappa shape index (κ1) is 18.9. The number of nitrogens with one attached hydrogen (secondary N) is 1. The average molecular weight is 322 g/mol. The summed E-state index contributed by atoms with van der Waals surface area (Å²) in [7, 11) is 0. The van der Waals surface area contributed by atoms with Gasteiger partial charge in [-0.25, -0.2) is 0 Å². The van der Waals surface area contributed by atoms with Crippen LogP contribution in [0.4, 0.5) is 5.69 Å². The zero-order valence-electron chi connectivity index (χ0n) is 13.7. The smallest absolute Gasteiger partial charge is 0.311 e. The Morgan fingerprint density at radius 2 is 1.74 bits per heavy atom. The Bertz CT molecular complexity index is 517. The lowest BCUT2D eigenvalue weighted by molar-refractivity contribution is -0.385. The summed E-state index contributed by atoms with van der Waals surface area (Å²) in [6, 6.07) is 3.94. The van der Waals surface area contributed by atoms with E-state index in [0.29, 0.717) is 6.54 Å². The molecule has 0 saturated heterocycles. The molecule has 0 atom stereocenters. The van der Waals surface area contributed by atoms with Gasteiger partial charge in [-0.2, -0.15) is 0 Å². The number of phenols is 1. The molecule has 0 fully saturated rings. The van der Waals surface area contributed by atoms with Crippen LogP contribution in [0.25, 0.3) is 0 Å². The number of unbranched alkanes of at least 4 members (excludes halogenated alkanes) is 7. The monoisotopic (exact) mass is 322 g/mol. The molecule has 0 radical (unpaired) electrons. The van der Waals surface area contributed by atoms with Crippen molar-refractivity contribution in [2.45, 2.75) is 58.3 Å². The average Bonchev–Trinajstić information content (AvgIpc) is 2.53. The number of nitro benzene ring substituents is 1. The summed E-state index contributed by atoms with van der Waals surface area (Å²) in [6.07, 6.45) is 9.39. The lowest BCUT2D eigenvalue weighted by Crippen LogP contribution is -2.24. The van der Waals surface area contributed by atoms with Crippen molar-refractivity contribution in [1.82, 2.24) is 5.32 Å². The van der Waals surface area contributed by atoms with Gasteiger partial charge >= 0.3 is 5.69 Å². The fraction of sp³-hybridized carbons (Fsp3) is 0.588. The maximum atomic E-state index is 12.0. The Kier molecular flexibility index (Phi) is 8.72. The van der Waals surface area contributed by atoms with Gasteiger partial charge in [0.05, 0.1) is 10.5 Å². The van der Waals surface area contributed by atoms with Gasteiger partial charge in [-0.1, -0.05) is 57.9 Å². The molecule has 0 aromatic heterocycles. The van der Waals surface area contributed by atoms with Crippen molar-refractivity contribution in [3.63, 3.8) is 0 Å². The highest BCUT2D eigenvalue weighted by atomic mass is 16.6. The van der Waals surface area contributed by atoms with Gasteiger partial charge in [-0.3, -0.25) is 14.9 Å². The van der Waals surface area contributed by atoms with Crippen molar-refractivity contribution in [2.75, 3.05) is 6.54 Å². The molecule has 0 unspecified atom stereocenters. The number of para-hydroxylation sites is 1. The fourth-order valence-corrected chi connectivity index (χ4v) is 2.42. The largest absolute Gasteiger partial charge is 0.502 e. The van der Waals surface area contributed by atoms with Crippen molar-refractivity contribution in [3.8, 4) is 5.75 Å². The molecule has 128 valence electrons. The number of phenolic OH excluding ortho intramolecular Hbond substituents is 1. The standard InChI is InChI=1S/C17H26N2O4/c1-2-3-4-5-6-7-8-9-13-18-17(21)14-11-10-12-15(16(14)20)19(22)23/h10-12,20H,2-9,13H2,1H3,(H,18,21). The minimum Gasteiger partial charge on any atom is -0.502 e. The van der Waals surface area contributed by atoms with E-state index in [-0.39, 0.29) is 5.56 Å². The Labute approximate surface area is 137 Å². The van der Waals surface area contributed by atoms with Crippen molar-refractivity contribution in [3.05, 3.63) is 33.9 Å². The lowest BCUT2D eigenvalue weighted by atomic mass is 10.1. The molecule has 0 saturated carbocycles. The molecule has 0 aliphatic carbocycles. The number of aromatic hydroxyl groups is 1. The SMILES string of the molecule is CCCCCCCCCCNC(=O)c1cccc([N+](=O)[O-])c1O. The molecule has 1 rings (SSSR count). The molecule has 1 aromatic carbocycles. The third-order valence-corrected chi connectivity index (χ3v) is 3.77. The van der Waals surface area contributed by atoms with E-state index in [0.717, 1.165) is 19.3 Å². The van der Waals surface area contributed by atoms with Gasteiger partial charge in [0.1, 0.15) is 0 Å². The van der Waals surface area contributed by atoms with Crippen LogP contribution in [0.3, 0.4) is 0 Å². The quantitative estimate of drug-likeness (QED) is 0.363. The molecule has 0 bridgehead atoms. The topological polar surface area (TPSA) is 92.5 Å². The van der Waals surface area contributed by atoms with Gasteiger partial charge < -0.3 is 10.4 Å². The maximum absolute atomic E-state index is 12.0. The Morgan fingerprint density at radius 1 is 1.13 bits per heavy atom. The van der Waals surface area contributed by atoms with Gasteiger partial charge in [-0.15, -0.1) is 0 Å². The fourth-order valence-electron chi connectivity index (χ4n) is 2.42. The molecular formula is C17H26N2O4. The number of hydrogen-bond acceptors (Lipinski definition) is 4. The third-order valence-electron chi connectivity index (χ3n) is 3.77. The van der Waals surface area contributed by atoms with Gasteiger partial charge in [0.25, 0.3) is 5.91 Å². The van der Waals surface area contributed by atoms with E-state index in [1.54, 1.807) is 0 Å². The number of carbonyl (C=O) groups is 1. The molecule has 0 aliphatic rings. The van der Waals surface area contributed by atoms with E-state index >= 15 is 0 Å². The Hall–Kier alpha value is -2.11. The van der Waals surface area contributed by atoms with Crippen LogP contribution in [0.1, 0.15) is 68.6 Å². The van der Waals surface area contributed by atoms with Crippen LogP contribution in [-0.4, -0.2) is 22.5 Å². The predicted octanol–water partition coefficient (Wildman–Crippen LogP) is 4.17. The van der Waals surface area contributed by atoms with Gasteiger partial charge in [-0.05, 0) is 12.5 Å². The zero-order chi connectivity index (χ0) is 17.1. The van der Waals surface area contributed by atoms with Crippen LogP contribution in [-0.2, 0) is 0 Å². The normalized spacial score (nSPS) is 10.5. The summed E-state index contributed by atoms with van der Waals surface area (Å²) in [4.78, 5) is 22.0. The summed E-state index contributed by atoms with van der Waals surface area (Å²) >= 11 is 0. The number of rotatable bonds is 11. The first-order chi connectivity index (χ1) is 11.1. The van der Waals surface area contributed by atoms with E-state index in [1.807, 2.05) is 0 Å². The Balaban J connectivity index is 2.27. The van der Waals surface area contributed by atoms with Gasteiger partial charge in [0.15, 0.2) is 0 Å². The van der Waals surface area contributed by atoms with E-state index in [4.69, 9.17) is 0 Å². The second-order valence-corrected chi connectivity index (χ2v) is 5.66. The molecular weight excluding hydrogens is 296 g/mol. The second-order valence-electron chi connectivity index (χ2n) is 5.66. The molecule has 1 amide bonds. The highest BCUT2D eigenvalue weighted by molar-refractivity contribution is 5.98. The van der Waals surface area contributed by atoms with Crippen LogP contribution in [0.5, 0.6) is 5.75 Å². The van der Waals surface area contributed by atoms with E-state index < -0.39 is 22.3 Å². The molecule has 1 aromatic rings. The van der Waals surface area contributed by atoms with E-state index in [2.05, 4.69) is 12.2 Å². The second kappa shape index (κ2) is 10.6. The molecule has 6 nitrogen and oxygen atoms in total. The van der Waals surface area contributed by atoms with Crippen molar-refractivity contribution >= 4 is 11.6 Å². The number of amides is 1. The molecule has 2 N–H and O–H groups in total. The van der Waals surface area contributed by atoms with Crippen LogP contribution < -0.4 is 5.32 Å². The summed E-state index contributed by atoms with van der Waals surface area (Å²) in [5.74, 6) is -1.06. The van der Waals surface area contributed by atoms with Crippen LogP contribution in [0, 0.1) is 10.1 Å². The first-order valence-electron chi connectivity index (χ1n) is 8.32. The summed E-state index contributed by atoms with van der Waals surface area (Å²) in [5.41, 5.74) is -0.511. The van der Waals surface area contributed by atoms with Crippen LogP contribution >= 0.6 is 0 Å². The third kappa shape index (κ3) is 6.67. The van der Waals surface area contributed by atoms with Crippen molar-refractivity contribution in [2.24, 2.45) is 0 Å². The molecule has 0 aliphatic heterocycles. The maximum Gasteiger partial charge on any atom is 0.311 e. The van der Waals surface area contributed by atoms with Crippen molar-refractivity contribution < 1.29 is 14.8 Å². The summed E-state index contributed by atoms with van der Waals surface area (Å²) in [5, 5.41) is 23.2. The van der Waals surface area contributed by atoms with Crippen molar-refractivity contribution in [1.29, 1.82) is 0 Å². The number of benzene rings is 1.